The highest BCUT2D eigenvalue weighted by Gasteiger charge is 2.05. The van der Waals surface area contributed by atoms with E-state index in [4.69, 9.17) is 0 Å². The molecule has 0 amide bonds. The lowest BCUT2D eigenvalue weighted by molar-refractivity contribution is 1.62. The molecule has 0 saturated carbocycles. The Labute approximate surface area is 102 Å². The third-order valence-electron chi connectivity index (χ3n) is 1.57. The van der Waals surface area contributed by atoms with Crippen LogP contribution < -0.4 is 0 Å². The highest BCUT2D eigenvalue weighted by atomic mass is 127. The number of rotatable bonds is 0. The SMILES string of the molecule is Sc1csc2cc(Br)cc(I)c12. The molecule has 1 aromatic heterocycles. The Balaban J connectivity index is 2.93. The van der Waals surface area contributed by atoms with Gasteiger partial charge in [0.15, 0.2) is 0 Å². The monoisotopic (exact) mass is 370 g/mol. The summed E-state index contributed by atoms with van der Waals surface area (Å²) in [6.07, 6.45) is 0. The predicted molar refractivity (Wildman–Crippen MR) is 69.5 cm³/mol. The summed E-state index contributed by atoms with van der Waals surface area (Å²) in [5.41, 5.74) is 0. The Morgan fingerprint density at radius 1 is 1.42 bits per heavy atom. The van der Waals surface area contributed by atoms with Gasteiger partial charge in [-0.2, -0.15) is 0 Å². The number of thiophene rings is 1. The zero-order valence-electron chi connectivity index (χ0n) is 5.84. The van der Waals surface area contributed by atoms with Gasteiger partial charge in [0, 0.05) is 28.4 Å². The summed E-state index contributed by atoms with van der Waals surface area (Å²) in [6, 6.07) is 4.23. The van der Waals surface area contributed by atoms with Gasteiger partial charge in [0.2, 0.25) is 0 Å². The number of fused-ring (bicyclic) bond motifs is 1. The van der Waals surface area contributed by atoms with Gasteiger partial charge in [0.05, 0.1) is 0 Å². The van der Waals surface area contributed by atoms with E-state index in [1.54, 1.807) is 11.3 Å². The first-order valence-corrected chi connectivity index (χ1v) is 6.43. The maximum absolute atomic E-state index is 4.40. The molecule has 0 aliphatic heterocycles. The van der Waals surface area contributed by atoms with Crippen LogP contribution in [0.1, 0.15) is 0 Å². The van der Waals surface area contributed by atoms with Crippen molar-refractivity contribution in [2.24, 2.45) is 0 Å². The highest BCUT2D eigenvalue weighted by molar-refractivity contribution is 14.1. The third-order valence-corrected chi connectivity index (χ3v) is 4.34. The maximum atomic E-state index is 4.40. The van der Waals surface area contributed by atoms with Gasteiger partial charge in [-0.15, -0.1) is 24.0 Å². The van der Waals surface area contributed by atoms with Gasteiger partial charge >= 0.3 is 0 Å². The lowest BCUT2D eigenvalue weighted by Gasteiger charge is -1.96. The molecule has 0 bridgehead atoms. The van der Waals surface area contributed by atoms with Crippen LogP contribution in [0.2, 0.25) is 0 Å². The molecular weight excluding hydrogens is 367 g/mol. The number of hydrogen-bond acceptors (Lipinski definition) is 2. The molecule has 0 atom stereocenters. The van der Waals surface area contributed by atoms with E-state index in [2.05, 4.69) is 68.7 Å². The molecule has 1 heterocycles. The molecule has 62 valence electrons. The Kier molecular flexibility index (Phi) is 2.69. The van der Waals surface area contributed by atoms with Gasteiger partial charge in [-0.25, -0.2) is 0 Å². The number of thiol groups is 1. The van der Waals surface area contributed by atoms with Gasteiger partial charge in [0.1, 0.15) is 0 Å². The molecule has 0 N–H and O–H groups in total. The van der Waals surface area contributed by atoms with Gasteiger partial charge in [-0.05, 0) is 34.7 Å². The van der Waals surface area contributed by atoms with Crippen LogP contribution in [0.4, 0.5) is 0 Å². The van der Waals surface area contributed by atoms with E-state index < -0.39 is 0 Å². The average Bonchev–Trinajstić information content (AvgIpc) is 2.31. The highest BCUT2D eigenvalue weighted by Crippen LogP contribution is 2.34. The van der Waals surface area contributed by atoms with Crippen molar-refractivity contribution in [3.63, 3.8) is 0 Å². The lowest BCUT2D eigenvalue weighted by Crippen LogP contribution is -1.73. The molecule has 1 aromatic carbocycles. The zero-order chi connectivity index (χ0) is 8.72. The molecule has 0 unspecified atom stereocenters. The Bertz CT molecular complexity index is 436. The Hall–Kier alpha value is 0.740. The van der Waals surface area contributed by atoms with E-state index in [9.17, 15) is 0 Å². The van der Waals surface area contributed by atoms with Crippen LogP contribution in [0.3, 0.4) is 0 Å². The van der Waals surface area contributed by atoms with Crippen molar-refractivity contribution in [3.05, 3.63) is 25.6 Å². The quantitative estimate of drug-likeness (QED) is 0.510. The van der Waals surface area contributed by atoms with Crippen LogP contribution in [0, 0.1) is 3.57 Å². The predicted octanol–water partition coefficient (Wildman–Crippen LogP) is 4.56. The largest absolute Gasteiger partial charge is 0.143 e. The molecule has 0 radical (unpaired) electrons. The van der Waals surface area contributed by atoms with Crippen LogP contribution in [-0.2, 0) is 0 Å². The van der Waals surface area contributed by atoms with Gasteiger partial charge in [-0.3, -0.25) is 0 Å². The molecular formula is C8H4BrIS2. The molecule has 0 spiro atoms. The molecule has 0 aliphatic carbocycles. The van der Waals surface area contributed by atoms with Crippen LogP contribution in [-0.4, -0.2) is 0 Å². The van der Waals surface area contributed by atoms with Crippen molar-refractivity contribution in [1.29, 1.82) is 0 Å². The second-order valence-corrected chi connectivity index (χ2v) is 5.85. The van der Waals surface area contributed by atoms with E-state index in [0.717, 1.165) is 9.37 Å². The van der Waals surface area contributed by atoms with Crippen molar-refractivity contribution in [3.8, 4) is 0 Å². The van der Waals surface area contributed by atoms with E-state index in [0.29, 0.717) is 0 Å². The molecule has 0 fully saturated rings. The number of hydrogen-bond donors (Lipinski definition) is 1. The molecule has 2 aromatic rings. The summed E-state index contributed by atoms with van der Waals surface area (Å²) < 4.78 is 3.68. The summed E-state index contributed by atoms with van der Waals surface area (Å²) in [4.78, 5) is 1.08. The van der Waals surface area contributed by atoms with E-state index in [1.807, 2.05) is 0 Å². The first-order chi connectivity index (χ1) is 5.68. The molecule has 0 nitrogen and oxygen atoms in total. The molecule has 12 heavy (non-hydrogen) atoms. The van der Waals surface area contributed by atoms with Crippen LogP contribution in [0.15, 0.2) is 26.9 Å². The first kappa shape index (κ1) is 9.30. The van der Waals surface area contributed by atoms with Crippen LogP contribution >= 0.6 is 62.5 Å². The van der Waals surface area contributed by atoms with Crippen molar-refractivity contribution in [2.45, 2.75) is 4.90 Å². The fourth-order valence-electron chi connectivity index (χ4n) is 1.07. The third kappa shape index (κ3) is 1.54. The summed E-state index contributed by atoms with van der Waals surface area (Å²) >= 11 is 11.9. The van der Waals surface area contributed by atoms with Gasteiger partial charge < -0.3 is 0 Å². The minimum absolute atomic E-state index is 1.08. The summed E-state index contributed by atoms with van der Waals surface area (Å²) in [5.74, 6) is 0. The smallest absolute Gasteiger partial charge is 0.0376 e. The zero-order valence-corrected chi connectivity index (χ0v) is 11.3. The molecule has 2 rings (SSSR count). The number of halogens is 2. The van der Waals surface area contributed by atoms with Crippen molar-refractivity contribution in [1.82, 2.24) is 0 Å². The van der Waals surface area contributed by atoms with Crippen LogP contribution in [0.25, 0.3) is 10.1 Å². The Morgan fingerprint density at radius 2 is 2.17 bits per heavy atom. The molecule has 0 aliphatic rings. The fourth-order valence-corrected chi connectivity index (χ4v) is 4.78. The minimum Gasteiger partial charge on any atom is -0.143 e. The molecule has 0 saturated heterocycles. The standard InChI is InChI=1S/C8H4BrIS2/c9-4-1-5(10)8-6(11)3-12-7(8)2-4/h1-3,11H. The second-order valence-electron chi connectivity index (χ2n) is 2.38. The van der Waals surface area contributed by atoms with Crippen molar-refractivity contribution in [2.75, 3.05) is 0 Å². The van der Waals surface area contributed by atoms with Gasteiger partial charge in [0.25, 0.3) is 0 Å². The fraction of sp³-hybridized carbons (Fsp3) is 0. The second kappa shape index (κ2) is 3.48. The molecule has 4 heteroatoms. The average molecular weight is 371 g/mol. The van der Waals surface area contributed by atoms with Gasteiger partial charge in [-0.1, -0.05) is 15.9 Å². The lowest BCUT2D eigenvalue weighted by atomic mass is 10.3. The van der Waals surface area contributed by atoms with E-state index in [1.165, 1.54) is 13.7 Å². The Morgan fingerprint density at radius 3 is 2.92 bits per heavy atom. The van der Waals surface area contributed by atoms with Crippen LogP contribution in [0.5, 0.6) is 0 Å². The van der Waals surface area contributed by atoms with Crippen molar-refractivity contribution >= 4 is 72.6 Å². The summed E-state index contributed by atoms with van der Waals surface area (Å²) in [5, 5.41) is 3.34. The first-order valence-electron chi connectivity index (χ1n) is 3.23. The van der Waals surface area contributed by atoms with Crippen molar-refractivity contribution < 1.29 is 0 Å². The summed E-state index contributed by atoms with van der Waals surface area (Å²) in [6.45, 7) is 0. The van der Waals surface area contributed by atoms with E-state index in [-0.39, 0.29) is 0 Å². The van der Waals surface area contributed by atoms with E-state index >= 15 is 0 Å². The minimum atomic E-state index is 1.08. The topological polar surface area (TPSA) is 0 Å². The number of benzene rings is 1. The summed E-state index contributed by atoms with van der Waals surface area (Å²) in [7, 11) is 0. The maximum Gasteiger partial charge on any atom is 0.0376 e. The normalized spacial score (nSPS) is 10.9.